The average Bonchev–Trinajstić information content (AvgIpc) is 2.83. The van der Waals surface area contributed by atoms with E-state index in [1.54, 1.807) is 0 Å². The van der Waals surface area contributed by atoms with Crippen LogP contribution in [0.4, 0.5) is 0 Å². The van der Waals surface area contributed by atoms with Gasteiger partial charge in [0, 0.05) is 17.0 Å². The third-order valence-corrected chi connectivity index (χ3v) is 4.78. The number of rotatable bonds is 5. The Morgan fingerprint density at radius 2 is 2.15 bits per heavy atom. The Hall–Kier alpha value is -0.540. The summed E-state index contributed by atoms with van der Waals surface area (Å²) in [5, 5.41) is 1.14. The van der Waals surface area contributed by atoms with Crippen LogP contribution in [0.15, 0.2) is 23.4 Å². The first kappa shape index (κ1) is 15.8. The van der Waals surface area contributed by atoms with Crippen molar-refractivity contribution in [1.29, 1.82) is 0 Å². The third-order valence-electron chi connectivity index (χ3n) is 3.72. The molecular weight excluding hydrogens is 264 g/mol. The number of aromatic nitrogens is 1. The lowest BCUT2D eigenvalue weighted by atomic mass is 10.1. The predicted molar refractivity (Wildman–Crippen MR) is 88.3 cm³/mol. The van der Waals surface area contributed by atoms with Crippen molar-refractivity contribution in [2.24, 2.45) is 0 Å². The van der Waals surface area contributed by atoms with Gasteiger partial charge in [0.05, 0.1) is 5.03 Å². The highest BCUT2D eigenvalue weighted by Crippen LogP contribution is 2.34. The van der Waals surface area contributed by atoms with E-state index in [1.807, 2.05) is 11.8 Å². The molecule has 2 rings (SSSR count). The van der Waals surface area contributed by atoms with Crippen molar-refractivity contribution in [3.63, 3.8) is 0 Å². The normalized spacial score (nSPS) is 20.5. The standard InChI is InChI=1S/C17H28N2S/c1-5-6-11-19-12-7-8-15(19)14-9-10-16(18-13-14)20-17(2,3)4/h9-10,13,15H,5-8,11-12H2,1-4H3/t15-/m1/s1. The molecule has 0 aliphatic carbocycles. The highest BCUT2D eigenvalue weighted by Gasteiger charge is 2.25. The van der Waals surface area contributed by atoms with Gasteiger partial charge in [0.2, 0.25) is 0 Å². The van der Waals surface area contributed by atoms with E-state index in [9.17, 15) is 0 Å². The molecule has 1 saturated heterocycles. The number of nitrogens with zero attached hydrogens (tertiary/aromatic N) is 2. The Morgan fingerprint density at radius 3 is 2.75 bits per heavy atom. The van der Waals surface area contributed by atoms with Crippen LogP contribution in [-0.2, 0) is 0 Å². The Bertz CT molecular complexity index is 408. The zero-order valence-corrected chi connectivity index (χ0v) is 14.2. The number of unbranched alkanes of at least 4 members (excludes halogenated alkanes) is 1. The second-order valence-corrected chi connectivity index (χ2v) is 8.54. The summed E-state index contributed by atoms with van der Waals surface area (Å²) in [7, 11) is 0. The maximum Gasteiger partial charge on any atom is 0.0965 e. The van der Waals surface area contributed by atoms with Crippen LogP contribution < -0.4 is 0 Å². The van der Waals surface area contributed by atoms with Crippen LogP contribution in [0, 0.1) is 0 Å². The molecular formula is C17H28N2S. The Balaban J connectivity index is 2.01. The van der Waals surface area contributed by atoms with Gasteiger partial charge in [-0.3, -0.25) is 4.90 Å². The fraction of sp³-hybridized carbons (Fsp3) is 0.706. The first-order valence-corrected chi connectivity index (χ1v) is 8.70. The van der Waals surface area contributed by atoms with E-state index in [4.69, 9.17) is 0 Å². The largest absolute Gasteiger partial charge is 0.296 e. The lowest BCUT2D eigenvalue weighted by molar-refractivity contribution is 0.253. The maximum absolute atomic E-state index is 4.66. The number of thioether (sulfide) groups is 1. The minimum atomic E-state index is 0.231. The first-order chi connectivity index (χ1) is 9.49. The Kier molecular flexibility index (Phi) is 5.50. The second-order valence-electron chi connectivity index (χ2n) is 6.69. The molecule has 1 aliphatic heterocycles. The summed E-state index contributed by atoms with van der Waals surface area (Å²) in [4.78, 5) is 7.30. The zero-order valence-electron chi connectivity index (χ0n) is 13.4. The molecule has 1 aromatic rings. The number of pyridine rings is 1. The average molecular weight is 292 g/mol. The van der Waals surface area contributed by atoms with Crippen molar-refractivity contribution in [3.8, 4) is 0 Å². The highest BCUT2D eigenvalue weighted by molar-refractivity contribution is 8.00. The van der Waals surface area contributed by atoms with E-state index in [0.29, 0.717) is 6.04 Å². The molecule has 112 valence electrons. The molecule has 1 aliphatic rings. The van der Waals surface area contributed by atoms with E-state index in [0.717, 1.165) is 5.03 Å². The van der Waals surface area contributed by atoms with Crippen LogP contribution in [0.1, 0.15) is 65.0 Å². The molecule has 2 nitrogen and oxygen atoms in total. The molecule has 0 aromatic carbocycles. The summed E-state index contributed by atoms with van der Waals surface area (Å²) in [5.74, 6) is 0. The smallest absolute Gasteiger partial charge is 0.0965 e. The molecule has 3 heteroatoms. The number of hydrogen-bond acceptors (Lipinski definition) is 3. The molecule has 1 atom stereocenters. The SMILES string of the molecule is CCCCN1CCC[C@@H]1c1ccc(SC(C)(C)C)nc1. The predicted octanol–water partition coefficient (Wildman–Crippen LogP) is 4.91. The van der Waals surface area contributed by atoms with Crippen LogP contribution >= 0.6 is 11.8 Å². The number of hydrogen-bond donors (Lipinski definition) is 0. The van der Waals surface area contributed by atoms with Crippen molar-refractivity contribution in [3.05, 3.63) is 23.9 Å². The topological polar surface area (TPSA) is 16.1 Å². The molecule has 0 spiro atoms. The first-order valence-electron chi connectivity index (χ1n) is 7.88. The van der Waals surface area contributed by atoms with Crippen LogP contribution in [0.25, 0.3) is 0 Å². The summed E-state index contributed by atoms with van der Waals surface area (Å²) in [6.45, 7) is 11.5. The summed E-state index contributed by atoms with van der Waals surface area (Å²) in [6.07, 6.45) is 7.30. The summed E-state index contributed by atoms with van der Waals surface area (Å²) < 4.78 is 0.231. The van der Waals surface area contributed by atoms with Gasteiger partial charge in [-0.05, 0) is 44.0 Å². The van der Waals surface area contributed by atoms with Gasteiger partial charge in [0.1, 0.15) is 0 Å². The van der Waals surface area contributed by atoms with Gasteiger partial charge in [-0.15, -0.1) is 11.8 Å². The zero-order chi connectivity index (χ0) is 14.6. The van der Waals surface area contributed by atoms with E-state index >= 15 is 0 Å². The van der Waals surface area contributed by atoms with Crippen LogP contribution in [0.5, 0.6) is 0 Å². The van der Waals surface area contributed by atoms with Gasteiger partial charge in [0.25, 0.3) is 0 Å². The monoisotopic (exact) mass is 292 g/mol. The van der Waals surface area contributed by atoms with Gasteiger partial charge >= 0.3 is 0 Å². The van der Waals surface area contributed by atoms with Gasteiger partial charge in [-0.25, -0.2) is 4.98 Å². The highest BCUT2D eigenvalue weighted by atomic mass is 32.2. The molecule has 2 heterocycles. The molecule has 20 heavy (non-hydrogen) atoms. The lowest BCUT2D eigenvalue weighted by Crippen LogP contribution is -2.24. The van der Waals surface area contributed by atoms with Gasteiger partial charge in [-0.2, -0.15) is 0 Å². The molecule has 0 bridgehead atoms. The fourth-order valence-corrected chi connectivity index (χ4v) is 3.66. The van der Waals surface area contributed by atoms with E-state index in [-0.39, 0.29) is 4.75 Å². The van der Waals surface area contributed by atoms with Gasteiger partial charge in [-0.1, -0.05) is 40.2 Å². The summed E-state index contributed by atoms with van der Waals surface area (Å²) in [6, 6.07) is 5.08. The second kappa shape index (κ2) is 6.95. The van der Waals surface area contributed by atoms with Gasteiger partial charge in [0.15, 0.2) is 0 Å². The summed E-state index contributed by atoms with van der Waals surface area (Å²) in [5.41, 5.74) is 1.40. The van der Waals surface area contributed by atoms with Gasteiger partial charge < -0.3 is 0 Å². The molecule has 0 radical (unpaired) electrons. The molecule has 0 saturated carbocycles. The minimum Gasteiger partial charge on any atom is -0.296 e. The van der Waals surface area contributed by atoms with Crippen molar-refractivity contribution in [2.75, 3.05) is 13.1 Å². The number of likely N-dealkylation sites (tertiary alicyclic amines) is 1. The van der Waals surface area contributed by atoms with E-state index in [2.05, 4.69) is 55.9 Å². The maximum atomic E-state index is 4.66. The van der Waals surface area contributed by atoms with Crippen LogP contribution in [0.3, 0.4) is 0 Å². The van der Waals surface area contributed by atoms with Crippen molar-refractivity contribution < 1.29 is 0 Å². The van der Waals surface area contributed by atoms with Crippen LogP contribution in [-0.4, -0.2) is 27.7 Å². The molecule has 0 unspecified atom stereocenters. The third kappa shape index (κ3) is 4.49. The minimum absolute atomic E-state index is 0.231. The summed E-state index contributed by atoms with van der Waals surface area (Å²) >= 11 is 1.84. The quantitative estimate of drug-likeness (QED) is 0.717. The molecule has 1 fully saturated rings. The van der Waals surface area contributed by atoms with E-state index in [1.165, 1.54) is 44.3 Å². The Morgan fingerprint density at radius 1 is 1.35 bits per heavy atom. The van der Waals surface area contributed by atoms with Crippen LogP contribution in [0.2, 0.25) is 0 Å². The molecule has 0 N–H and O–H groups in total. The van der Waals surface area contributed by atoms with E-state index < -0.39 is 0 Å². The molecule has 1 aromatic heterocycles. The Labute approximate surface area is 128 Å². The van der Waals surface area contributed by atoms with Crippen molar-refractivity contribution in [1.82, 2.24) is 9.88 Å². The fourth-order valence-electron chi connectivity index (χ4n) is 2.80. The molecule has 0 amide bonds. The lowest BCUT2D eigenvalue weighted by Gasteiger charge is -2.24. The van der Waals surface area contributed by atoms with Crippen molar-refractivity contribution in [2.45, 2.75) is 69.2 Å². The van der Waals surface area contributed by atoms with Crippen molar-refractivity contribution >= 4 is 11.8 Å².